The minimum Gasteiger partial charge on any atom is -0.378 e. The van der Waals surface area contributed by atoms with Crippen LogP contribution in [-0.4, -0.2) is 42.1 Å². The second-order valence-corrected chi connectivity index (χ2v) is 5.81. The summed E-state index contributed by atoms with van der Waals surface area (Å²) in [5, 5.41) is 0. The van der Waals surface area contributed by atoms with Crippen LogP contribution in [0.2, 0.25) is 0 Å². The smallest absolute Gasteiger partial charge is 0.222 e. The normalized spacial score (nSPS) is 18.4. The first-order chi connectivity index (χ1) is 10.3. The molecule has 2 rings (SSSR count). The summed E-state index contributed by atoms with van der Waals surface area (Å²) in [5.74, 6) is 0.231. The molecule has 0 bridgehead atoms. The number of hydrogen-bond donors (Lipinski definition) is 0. The van der Waals surface area contributed by atoms with Crippen molar-refractivity contribution in [3.05, 3.63) is 30.1 Å². The lowest BCUT2D eigenvalue weighted by molar-refractivity contribution is -0.130. The lowest BCUT2D eigenvalue weighted by Crippen LogP contribution is -2.31. The van der Waals surface area contributed by atoms with Gasteiger partial charge >= 0.3 is 0 Å². The first-order valence-corrected chi connectivity index (χ1v) is 8.00. The molecule has 1 aliphatic heterocycles. The molecule has 1 aromatic rings. The number of pyridine rings is 1. The highest BCUT2D eigenvalue weighted by atomic mass is 16.5. The van der Waals surface area contributed by atoms with E-state index in [4.69, 9.17) is 4.74 Å². The van der Waals surface area contributed by atoms with E-state index in [2.05, 4.69) is 11.1 Å². The van der Waals surface area contributed by atoms with Gasteiger partial charge in [0.25, 0.3) is 0 Å². The molecule has 1 aliphatic rings. The number of amides is 1. The van der Waals surface area contributed by atoms with Crippen LogP contribution >= 0.6 is 0 Å². The summed E-state index contributed by atoms with van der Waals surface area (Å²) < 4.78 is 5.70. The largest absolute Gasteiger partial charge is 0.378 e. The van der Waals surface area contributed by atoms with E-state index < -0.39 is 0 Å². The molecule has 0 N–H and O–H groups in total. The van der Waals surface area contributed by atoms with Crippen molar-refractivity contribution in [2.75, 3.05) is 20.2 Å². The number of nitrogens with zero attached hydrogens (tertiary/aromatic N) is 2. The first kappa shape index (κ1) is 16.0. The predicted molar refractivity (Wildman–Crippen MR) is 83.0 cm³/mol. The number of rotatable bonds is 7. The Morgan fingerprint density at radius 2 is 2.38 bits per heavy atom. The number of ether oxygens (including phenoxy) is 1. The number of aromatic nitrogens is 1. The number of aryl methyl sites for hydroxylation is 1. The predicted octanol–water partition coefficient (Wildman–Crippen LogP) is 2.82. The maximum absolute atomic E-state index is 12.1. The van der Waals surface area contributed by atoms with Gasteiger partial charge in [-0.25, -0.2) is 0 Å². The highest BCUT2D eigenvalue weighted by Gasteiger charge is 2.16. The first-order valence-electron chi connectivity index (χ1n) is 8.00. The summed E-state index contributed by atoms with van der Waals surface area (Å²) in [5.41, 5.74) is 1.20. The Bertz CT molecular complexity index is 416. The van der Waals surface area contributed by atoms with Gasteiger partial charge < -0.3 is 9.64 Å². The average Bonchev–Trinajstić information content (AvgIpc) is 2.54. The van der Waals surface area contributed by atoms with Crippen molar-refractivity contribution in [2.24, 2.45) is 0 Å². The molecule has 0 aliphatic carbocycles. The zero-order valence-corrected chi connectivity index (χ0v) is 13.0. The maximum atomic E-state index is 12.1. The van der Waals surface area contributed by atoms with Crippen molar-refractivity contribution in [2.45, 2.75) is 51.0 Å². The topological polar surface area (TPSA) is 42.4 Å². The van der Waals surface area contributed by atoms with E-state index in [-0.39, 0.29) is 5.91 Å². The Kier molecular flexibility index (Phi) is 6.67. The quantitative estimate of drug-likeness (QED) is 0.775. The van der Waals surface area contributed by atoms with E-state index in [1.165, 1.54) is 18.4 Å². The molecule has 0 radical (unpaired) electrons. The number of carbonyl (C=O) groups excluding carboxylic acids is 1. The molecule has 4 nitrogen and oxygen atoms in total. The standard InChI is InChI=1S/C17H26N2O2/c1-19(12-10-16-8-2-3-13-21-16)17(20)9-4-6-15-7-5-11-18-14-15/h5,7,11,14,16H,2-4,6,8-10,12-13H2,1H3. The molecular weight excluding hydrogens is 264 g/mol. The minimum atomic E-state index is 0.231. The fraction of sp³-hybridized carbons (Fsp3) is 0.647. The van der Waals surface area contributed by atoms with Gasteiger partial charge in [-0.15, -0.1) is 0 Å². The van der Waals surface area contributed by atoms with E-state index in [9.17, 15) is 4.79 Å². The van der Waals surface area contributed by atoms with Crippen LogP contribution < -0.4 is 0 Å². The molecule has 0 saturated carbocycles. The van der Waals surface area contributed by atoms with Gasteiger partial charge in [0, 0.05) is 39.0 Å². The molecular formula is C17H26N2O2. The number of carbonyl (C=O) groups is 1. The monoisotopic (exact) mass is 290 g/mol. The average molecular weight is 290 g/mol. The molecule has 1 aromatic heterocycles. The van der Waals surface area contributed by atoms with Crippen molar-refractivity contribution in [1.29, 1.82) is 0 Å². The van der Waals surface area contributed by atoms with Crippen molar-refractivity contribution >= 4 is 5.91 Å². The van der Waals surface area contributed by atoms with Crippen molar-refractivity contribution in [3.63, 3.8) is 0 Å². The lowest BCUT2D eigenvalue weighted by atomic mass is 10.1. The fourth-order valence-electron chi connectivity index (χ4n) is 2.68. The second-order valence-electron chi connectivity index (χ2n) is 5.81. The van der Waals surface area contributed by atoms with Crippen molar-refractivity contribution in [3.8, 4) is 0 Å². The third kappa shape index (κ3) is 5.84. The minimum absolute atomic E-state index is 0.231. The van der Waals surface area contributed by atoms with Gasteiger partial charge in [-0.1, -0.05) is 6.07 Å². The molecule has 0 spiro atoms. The van der Waals surface area contributed by atoms with E-state index in [0.717, 1.165) is 38.8 Å². The fourth-order valence-corrected chi connectivity index (χ4v) is 2.68. The van der Waals surface area contributed by atoms with Crippen molar-refractivity contribution in [1.82, 2.24) is 9.88 Å². The Labute approximate surface area is 127 Å². The summed E-state index contributed by atoms with van der Waals surface area (Å²) in [7, 11) is 1.90. The van der Waals surface area contributed by atoms with Crippen LogP contribution in [0.4, 0.5) is 0 Å². The zero-order valence-electron chi connectivity index (χ0n) is 13.0. The molecule has 21 heavy (non-hydrogen) atoms. The number of hydrogen-bond acceptors (Lipinski definition) is 3. The SMILES string of the molecule is CN(CCC1CCCCO1)C(=O)CCCc1cccnc1. The summed E-state index contributed by atoms with van der Waals surface area (Å²) >= 11 is 0. The van der Waals surface area contributed by atoms with E-state index in [0.29, 0.717) is 12.5 Å². The van der Waals surface area contributed by atoms with Crippen LogP contribution in [0, 0.1) is 0 Å². The highest BCUT2D eigenvalue weighted by Crippen LogP contribution is 2.16. The Balaban J connectivity index is 1.60. The van der Waals surface area contributed by atoms with Gasteiger partial charge in [0.2, 0.25) is 5.91 Å². The zero-order chi connectivity index (χ0) is 14.9. The molecule has 1 atom stereocenters. The molecule has 4 heteroatoms. The molecule has 0 aromatic carbocycles. The molecule has 1 amide bonds. The Morgan fingerprint density at radius 1 is 1.48 bits per heavy atom. The van der Waals surface area contributed by atoms with Gasteiger partial charge in [-0.3, -0.25) is 9.78 Å². The molecule has 116 valence electrons. The van der Waals surface area contributed by atoms with Crippen LogP contribution in [0.3, 0.4) is 0 Å². The molecule has 1 saturated heterocycles. The second kappa shape index (κ2) is 8.78. The highest BCUT2D eigenvalue weighted by molar-refractivity contribution is 5.75. The summed E-state index contributed by atoms with van der Waals surface area (Å²) in [6.45, 7) is 1.68. The van der Waals surface area contributed by atoms with E-state index in [1.54, 1.807) is 6.20 Å². The van der Waals surface area contributed by atoms with Gasteiger partial charge in [-0.05, 0) is 50.2 Å². The Hall–Kier alpha value is -1.42. The van der Waals surface area contributed by atoms with Crippen molar-refractivity contribution < 1.29 is 9.53 Å². The van der Waals surface area contributed by atoms with Crippen LogP contribution in [0.1, 0.15) is 44.1 Å². The van der Waals surface area contributed by atoms with Crippen LogP contribution in [0.15, 0.2) is 24.5 Å². The third-order valence-electron chi connectivity index (χ3n) is 4.07. The van der Waals surface area contributed by atoms with Gasteiger partial charge in [-0.2, -0.15) is 0 Å². The molecule has 2 heterocycles. The lowest BCUT2D eigenvalue weighted by Gasteiger charge is -2.25. The summed E-state index contributed by atoms with van der Waals surface area (Å²) in [4.78, 5) is 18.0. The van der Waals surface area contributed by atoms with Gasteiger partial charge in [0.1, 0.15) is 0 Å². The van der Waals surface area contributed by atoms with E-state index >= 15 is 0 Å². The summed E-state index contributed by atoms with van der Waals surface area (Å²) in [6, 6.07) is 4.00. The van der Waals surface area contributed by atoms with Crippen LogP contribution in [0.5, 0.6) is 0 Å². The maximum Gasteiger partial charge on any atom is 0.222 e. The van der Waals surface area contributed by atoms with Crippen LogP contribution in [-0.2, 0) is 16.0 Å². The summed E-state index contributed by atoms with van der Waals surface area (Å²) in [6.07, 6.45) is 10.9. The van der Waals surface area contributed by atoms with E-state index in [1.807, 2.05) is 24.2 Å². The Morgan fingerprint density at radius 3 is 3.10 bits per heavy atom. The van der Waals surface area contributed by atoms with Gasteiger partial charge in [0.05, 0.1) is 6.10 Å². The third-order valence-corrected chi connectivity index (χ3v) is 4.07. The molecule has 1 fully saturated rings. The molecule has 1 unspecified atom stereocenters. The van der Waals surface area contributed by atoms with Crippen LogP contribution in [0.25, 0.3) is 0 Å². The van der Waals surface area contributed by atoms with Gasteiger partial charge in [0.15, 0.2) is 0 Å².